The lowest BCUT2D eigenvalue weighted by molar-refractivity contribution is -0.137. The van der Waals surface area contributed by atoms with Gasteiger partial charge in [-0.15, -0.1) is 0 Å². The van der Waals surface area contributed by atoms with Crippen molar-refractivity contribution in [2.45, 2.75) is 37.5 Å². The Hall–Kier alpha value is -1.71. The summed E-state index contributed by atoms with van der Waals surface area (Å²) in [7, 11) is -1.49. The number of piperidine rings is 2. The van der Waals surface area contributed by atoms with Gasteiger partial charge in [-0.25, -0.2) is 13.4 Å². The molecule has 1 aromatic heterocycles. The fourth-order valence-corrected chi connectivity index (χ4v) is 6.26. The van der Waals surface area contributed by atoms with Gasteiger partial charge in [0.1, 0.15) is 10.7 Å². The molecule has 3 aliphatic rings. The number of rotatable bonds is 4. The Morgan fingerprint density at radius 3 is 2.32 bits per heavy atom. The molecule has 0 bridgehead atoms. The molecule has 4 rings (SSSR count). The first-order valence-electron chi connectivity index (χ1n) is 11.5. The molecule has 1 amide bonds. The molecule has 9 heteroatoms. The van der Waals surface area contributed by atoms with Gasteiger partial charge in [-0.1, -0.05) is 6.92 Å². The summed E-state index contributed by atoms with van der Waals surface area (Å²) in [5.41, 5.74) is 0. The Morgan fingerprint density at radius 1 is 1.00 bits per heavy atom. The van der Waals surface area contributed by atoms with Crippen LogP contribution >= 0.6 is 0 Å². The molecular formula is C22H35N5O3S. The van der Waals surface area contributed by atoms with E-state index in [2.05, 4.69) is 26.6 Å². The predicted molar refractivity (Wildman–Crippen MR) is 120 cm³/mol. The maximum atomic E-state index is 12.9. The zero-order chi connectivity index (χ0) is 22.0. The molecule has 0 radical (unpaired) electrons. The van der Waals surface area contributed by atoms with Crippen LogP contribution in [0.2, 0.25) is 0 Å². The lowest BCUT2D eigenvalue weighted by Gasteiger charge is -2.37. The second kappa shape index (κ2) is 9.42. The van der Waals surface area contributed by atoms with Crippen LogP contribution < -0.4 is 4.90 Å². The molecule has 1 unspecified atom stereocenters. The number of likely N-dealkylation sites (tertiary alicyclic amines) is 1. The van der Waals surface area contributed by atoms with Crippen LogP contribution in [0, 0.1) is 11.8 Å². The number of sulfonamides is 1. The number of carbonyl (C=O) groups is 1. The van der Waals surface area contributed by atoms with Crippen molar-refractivity contribution >= 4 is 21.7 Å². The number of piperazine rings is 1. The average molecular weight is 450 g/mol. The van der Waals surface area contributed by atoms with Gasteiger partial charge in [0.15, 0.2) is 0 Å². The van der Waals surface area contributed by atoms with Crippen LogP contribution in [0.3, 0.4) is 0 Å². The minimum atomic E-state index is -3.49. The highest BCUT2D eigenvalue weighted by Crippen LogP contribution is 2.26. The molecule has 8 nitrogen and oxygen atoms in total. The summed E-state index contributed by atoms with van der Waals surface area (Å²) in [6, 6.07) is 3.47. The molecular weight excluding hydrogens is 414 g/mol. The van der Waals surface area contributed by atoms with E-state index >= 15 is 0 Å². The molecule has 4 heterocycles. The average Bonchev–Trinajstić information content (AvgIpc) is 2.79. The highest BCUT2D eigenvalue weighted by Gasteiger charge is 2.31. The van der Waals surface area contributed by atoms with Crippen molar-refractivity contribution in [3.63, 3.8) is 0 Å². The van der Waals surface area contributed by atoms with Gasteiger partial charge in [0.2, 0.25) is 15.9 Å². The van der Waals surface area contributed by atoms with Gasteiger partial charge in [0, 0.05) is 64.5 Å². The van der Waals surface area contributed by atoms with E-state index in [9.17, 15) is 13.2 Å². The van der Waals surface area contributed by atoms with E-state index in [-0.39, 0.29) is 10.8 Å². The summed E-state index contributed by atoms with van der Waals surface area (Å²) < 4.78 is 27.3. The molecule has 3 fully saturated rings. The standard InChI is InChI=1S/C22H35N5O3S/c1-18-4-3-9-26(17-18)22(28)19-7-10-25(11-8-19)21-6-5-20(16-23-21)31(29,30)27-14-12-24(2)13-15-27/h5-6,16,18-19H,3-4,7-15,17H2,1-2H3. The highest BCUT2D eigenvalue weighted by molar-refractivity contribution is 7.89. The van der Waals surface area contributed by atoms with Crippen LogP contribution in [0.15, 0.2) is 23.2 Å². The molecule has 31 heavy (non-hydrogen) atoms. The van der Waals surface area contributed by atoms with Crippen molar-refractivity contribution in [2.24, 2.45) is 11.8 Å². The summed E-state index contributed by atoms with van der Waals surface area (Å²) in [5, 5.41) is 0. The molecule has 172 valence electrons. The topological polar surface area (TPSA) is 77.1 Å². The van der Waals surface area contributed by atoms with Crippen LogP contribution in [0.5, 0.6) is 0 Å². The Bertz CT molecular complexity index is 860. The first-order chi connectivity index (χ1) is 14.8. The Morgan fingerprint density at radius 2 is 1.71 bits per heavy atom. The van der Waals surface area contributed by atoms with Gasteiger partial charge in [0.05, 0.1) is 0 Å². The molecule has 3 saturated heterocycles. The second-order valence-electron chi connectivity index (χ2n) is 9.35. The predicted octanol–water partition coefficient (Wildman–Crippen LogP) is 1.49. The molecule has 0 aromatic carbocycles. The number of pyridine rings is 1. The van der Waals surface area contributed by atoms with E-state index in [0.29, 0.717) is 24.9 Å². The number of hydrogen-bond donors (Lipinski definition) is 0. The van der Waals surface area contributed by atoms with Gasteiger partial charge in [0.25, 0.3) is 0 Å². The fourth-order valence-electron chi connectivity index (χ4n) is 4.89. The molecule has 1 aromatic rings. The third-order valence-corrected chi connectivity index (χ3v) is 8.84. The van der Waals surface area contributed by atoms with Crippen molar-refractivity contribution in [3.05, 3.63) is 18.3 Å². The maximum absolute atomic E-state index is 12.9. The van der Waals surface area contributed by atoms with Crippen molar-refractivity contribution < 1.29 is 13.2 Å². The van der Waals surface area contributed by atoms with E-state index in [0.717, 1.165) is 64.3 Å². The Labute approximate surface area is 186 Å². The Balaban J connectivity index is 1.33. The van der Waals surface area contributed by atoms with E-state index in [4.69, 9.17) is 0 Å². The first-order valence-corrected chi connectivity index (χ1v) is 13.0. The minimum absolute atomic E-state index is 0.0958. The normalized spacial score (nSPS) is 25.0. The summed E-state index contributed by atoms with van der Waals surface area (Å²) >= 11 is 0. The van der Waals surface area contributed by atoms with Gasteiger partial charge in [-0.3, -0.25) is 4.79 Å². The van der Waals surface area contributed by atoms with Crippen LogP contribution in [-0.4, -0.2) is 92.8 Å². The molecule has 0 saturated carbocycles. The van der Waals surface area contributed by atoms with Crippen molar-refractivity contribution in [1.29, 1.82) is 0 Å². The molecule has 0 N–H and O–H groups in total. The SMILES string of the molecule is CC1CCCN(C(=O)C2CCN(c3ccc(S(=O)(=O)N4CCN(C)CC4)cn3)CC2)C1. The van der Waals surface area contributed by atoms with Gasteiger partial charge in [-0.2, -0.15) is 4.31 Å². The van der Waals surface area contributed by atoms with Crippen LogP contribution in [0.1, 0.15) is 32.6 Å². The summed E-state index contributed by atoms with van der Waals surface area (Å²) in [4.78, 5) is 24.0. The van der Waals surface area contributed by atoms with E-state index in [1.54, 1.807) is 16.4 Å². The van der Waals surface area contributed by atoms with E-state index in [1.165, 1.54) is 12.6 Å². The van der Waals surface area contributed by atoms with Gasteiger partial charge >= 0.3 is 0 Å². The van der Waals surface area contributed by atoms with Gasteiger partial charge < -0.3 is 14.7 Å². The molecule has 3 aliphatic heterocycles. The number of hydrogen-bond acceptors (Lipinski definition) is 6. The highest BCUT2D eigenvalue weighted by atomic mass is 32.2. The first kappa shape index (κ1) is 22.5. The van der Waals surface area contributed by atoms with Crippen molar-refractivity contribution in [3.8, 4) is 0 Å². The monoisotopic (exact) mass is 449 g/mol. The fraction of sp³-hybridized carbons (Fsp3) is 0.727. The molecule has 1 atom stereocenters. The van der Waals surface area contributed by atoms with Crippen molar-refractivity contribution in [2.75, 3.05) is 64.3 Å². The van der Waals surface area contributed by atoms with Gasteiger partial charge in [-0.05, 0) is 50.8 Å². The third kappa shape index (κ3) is 5.04. The molecule has 0 aliphatic carbocycles. The minimum Gasteiger partial charge on any atom is -0.357 e. The number of likely N-dealkylation sites (N-methyl/N-ethyl adjacent to an activating group) is 1. The van der Waals surface area contributed by atoms with Crippen LogP contribution in [0.4, 0.5) is 5.82 Å². The van der Waals surface area contributed by atoms with E-state index < -0.39 is 10.0 Å². The largest absolute Gasteiger partial charge is 0.357 e. The molecule has 0 spiro atoms. The number of anilines is 1. The smallest absolute Gasteiger partial charge is 0.244 e. The zero-order valence-electron chi connectivity index (χ0n) is 18.7. The quantitative estimate of drug-likeness (QED) is 0.693. The van der Waals surface area contributed by atoms with Crippen LogP contribution in [0.25, 0.3) is 0 Å². The third-order valence-electron chi connectivity index (χ3n) is 6.96. The number of aromatic nitrogens is 1. The van der Waals surface area contributed by atoms with E-state index in [1.807, 2.05) is 7.05 Å². The number of amides is 1. The van der Waals surface area contributed by atoms with Crippen LogP contribution in [-0.2, 0) is 14.8 Å². The summed E-state index contributed by atoms with van der Waals surface area (Å²) in [6.07, 6.45) is 5.46. The lowest BCUT2D eigenvalue weighted by atomic mass is 9.93. The zero-order valence-corrected chi connectivity index (χ0v) is 19.6. The number of carbonyl (C=O) groups excluding carboxylic acids is 1. The summed E-state index contributed by atoms with van der Waals surface area (Å²) in [5.74, 6) is 1.80. The second-order valence-corrected chi connectivity index (χ2v) is 11.3. The Kier molecular flexibility index (Phi) is 6.83. The summed E-state index contributed by atoms with van der Waals surface area (Å²) in [6.45, 7) is 8.08. The maximum Gasteiger partial charge on any atom is 0.244 e. The number of nitrogens with zero attached hydrogens (tertiary/aromatic N) is 5. The lowest BCUT2D eigenvalue weighted by Crippen LogP contribution is -2.47. The van der Waals surface area contributed by atoms with Crippen molar-refractivity contribution in [1.82, 2.24) is 19.1 Å².